The first-order valence-electron chi connectivity index (χ1n) is 11.0. The predicted molar refractivity (Wildman–Crippen MR) is 124 cm³/mol. The van der Waals surface area contributed by atoms with E-state index in [2.05, 4.69) is 75.6 Å². The van der Waals surface area contributed by atoms with Crippen molar-refractivity contribution >= 4 is 11.3 Å². The van der Waals surface area contributed by atoms with E-state index in [4.69, 9.17) is 4.74 Å². The van der Waals surface area contributed by atoms with Crippen LogP contribution in [-0.4, -0.2) is 37.2 Å². The molecule has 4 heterocycles. The van der Waals surface area contributed by atoms with E-state index in [-0.39, 0.29) is 0 Å². The van der Waals surface area contributed by atoms with Gasteiger partial charge in [0.15, 0.2) is 0 Å². The van der Waals surface area contributed by atoms with Gasteiger partial charge in [-0.2, -0.15) is 11.3 Å². The number of methoxy groups -OCH3 is 1. The molecule has 3 aromatic rings. The molecular weight excluding hydrogens is 388 g/mol. The summed E-state index contributed by atoms with van der Waals surface area (Å²) in [5.74, 6) is 2.11. The molecule has 30 heavy (non-hydrogen) atoms. The summed E-state index contributed by atoms with van der Waals surface area (Å²) in [6.45, 7) is 3.28. The quantitative estimate of drug-likeness (QED) is 0.575. The minimum absolute atomic E-state index is 0.399. The number of hydrogen-bond donors (Lipinski definition) is 1. The second-order valence-electron chi connectivity index (χ2n) is 8.53. The molecule has 0 aliphatic carbocycles. The second kappa shape index (κ2) is 8.93. The predicted octanol–water partition coefficient (Wildman–Crippen LogP) is 5.14. The molecule has 0 spiro atoms. The average Bonchev–Trinajstić information content (AvgIpc) is 3.34. The molecule has 1 aromatic heterocycles. The molecular formula is C26H30N2OS. The zero-order chi connectivity index (χ0) is 20.3. The third kappa shape index (κ3) is 3.80. The summed E-state index contributed by atoms with van der Waals surface area (Å²) in [4.78, 5) is 2.75. The van der Waals surface area contributed by atoms with Crippen molar-refractivity contribution in [2.24, 2.45) is 5.92 Å². The lowest BCUT2D eigenvalue weighted by Gasteiger charge is -2.54. The lowest BCUT2D eigenvalue weighted by Crippen LogP contribution is -2.64. The van der Waals surface area contributed by atoms with Crippen LogP contribution in [0.1, 0.15) is 35.4 Å². The number of rotatable bonds is 7. The van der Waals surface area contributed by atoms with Gasteiger partial charge in [0.1, 0.15) is 5.75 Å². The van der Waals surface area contributed by atoms with Crippen LogP contribution in [-0.2, 0) is 6.54 Å². The number of benzene rings is 2. The Bertz CT molecular complexity index is 935. The van der Waals surface area contributed by atoms with Gasteiger partial charge in [0.25, 0.3) is 0 Å². The van der Waals surface area contributed by atoms with Gasteiger partial charge in [0.2, 0.25) is 0 Å². The maximum atomic E-state index is 5.60. The van der Waals surface area contributed by atoms with Crippen LogP contribution in [0.15, 0.2) is 71.4 Å². The van der Waals surface area contributed by atoms with Crippen LogP contribution in [0, 0.1) is 5.92 Å². The van der Waals surface area contributed by atoms with Crippen molar-refractivity contribution in [2.75, 3.05) is 20.2 Å². The molecule has 3 fully saturated rings. The van der Waals surface area contributed by atoms with E-state index in [1.807, 2.05) is 17.4 Å². The van der Waals surface area contributed by atoms with Crippen molar-refractivity contribution in [3.05, 3.63) is 88.1 Å². The van der Waals surface area contributed by atoms with Crippen molar-refractivity contribution in [1.29, 1.82) is 0 Å². The van der Waals surface area contributed by atoms with Gasteiger partial charge in [-0.25, -0.2) is 0 Å². The van der Waals surface area contributed by atoms with Gasteiger partial charge in [-0.05, 0) is 65.9 Å². The molecule has 0 saturated carbocycles. The van der Waals surface area contributed by atoms with E-state index in [9.17, 15) is 0 Å². The van der Waals surface area contributed by atoms with Crippen LogP contribution in [0.3, 0.4) is 0 Å². The van der Waals surface area contributed by atoms with E-state index in [0.717, 1.165) is 18.2 Å². The van der Waals surface area contributed by atoms with E-state index in [0.29, 0.717) is 18.0 Å². The first-order chi connectivity index (χ1) is 14.8. The average molecular weight is 419 g/mol. The maximum absolute atomic E-state index is 5.60. The molecule has 3 atom stereocenters. The Hall–Kier alpha value is -2.14. The van der Waals surface area contributed by atoms with Gasteiger partial charge < -0.3 is 10.1 Å². The molecule has 3 nitrogen and oxygen atoms in total. The number of nitrogens with zero attached hydrogens (tertiary/aromatic N) is 1. The SMILES string of the molecule is COc1ccccc1CNC1C2CCN(CC2)C1C(c1ccccc1)c1ccsc1. The molecule has 6 rings (SSSR count). The molecule has 2 bridgehead atoms. The summed E-state index contributed by atoms with van der Waals surface area (Å²) in [7, 11) is 1.76. The zero-order valence-corrected chi connectivity index (χ0v) is 18.4. The largest absolute Gasteiger partial charge is 0.496 e. The third-order valence-electron chi connectivity index (χ3n) is 6.99. The number of hydrogen-bond acceptors (Lipinski definition) is 4. The minimum atomic E-state index is 0.399. The van der Waals surface area contributed by atoms with Crippen LogP contribution < -0.4 is 10.1 Å². The summed E-state index contributed by atoms with van der Waals surface area (Å²) < 4.78 is 5.60. The smallest absolute Gasteiger partial charge is 0.123 e. The van der Waals surface area contributed by atoms with E-state index < -0.39 is 0 Å². The standard InChI is InChI=1S/C26H30N2OS/c1-29-23-10-6-5-9-21(23)17-27-25-20-11-14-28(15-12-20)26(25)24(22-13-16-30-18-22)19-7-3-2-4-8-19/h2-10,13,16,18,20,24-27H,11-12,14-15,17H2,1H3. The van der Waals surface area contributed by atoms with Gasteiger partial charge in [-0.15, -0.1) is 0 Å². The van der Waals surface area contributed by atoms with E-state index >= 15 is 0 Å². The Balaban J connectivity index is 1.47. The highest BCUT2D eigenvalue weighted by molar-refractivity contribution is 7.08. The highest BCUT2D eigenvalue weighted by atomic mass is 32.1. The van der Waals surface area contributed by atoms with Gasteiger partial charge in [-0.3, -0.25) is 4.90 Å². The molecule has 3 aliphatic heterocycles. The summed E-state index contributed by atoms with van der Waals surface area (Å²) in [6.07, 6.45) is 2.59. The van der Waals surface area contributed by atoms with Crippen molar-refractivity contribution < 1.29 is 4.74 Å². The van der Waals surface area contributed by atoms with Gasteiger partial charge in [0.05, 0.1) is 7.11 Å². The lowest BCUT2D eigenvalue weighted by molar-refractivity contribution is 0.00467. The van der Waals surface area contributed by atoms with Crippen molar-refractivity contribution in [3.8, 4) is 5.75 Å². The maximum Gasteiger partial charge on any atom is 0.123 e. The Morgan fingerprint density at radius 3 is 2.50 bits per heavy atom. The summed E-state index contributed by atoms with van der Waals surface area (Å²) in [5.41, 5.74) is 4.12. The molecule has 156 valence electrons. The van der Waals surface area contributed by atoms with E-state index in [1.54, 1.807) is 7.11 Å². The van der Waals surface area contributed by atoms with Gasteiger partial charge in [0, 0.05) is 30.1 Å². The van der Waals surface area contributed by atoms with Gasteiger partial charge in [-0.1, -0.05) is 48.5 Å². The molecule has 4 heteroatoms. The first-order valence-corrected chi connectivity index (χ1v) is 12.0. The summed E-state index contributed by atoms with van der Waals surface area (Å²) in [6, 6.07) is 22.8. The molecule has 3 unspecified atom stereocenters. The highest BCUT2D eigenvalue weighted by Gasteiger charge is 2.46. The molecule has 3 aliphatic rings. The number of nitrogens with one attached hydrogen (secondary N) is 1. The first kappa shape index (κ1) is 19.8. The van der Waals surface area contributed by atoms with Crippen LogP contribution in [0.25, 0.3) is 0 Å². The number of para-hydroxylation sites is 1. The van der Waals surface area contributed by atoms with Crippen molar-refractivity contribution in [3.63, 3.8) is 0 Å². The fourth-order valence-electron chi connectivity index (χ4n) is 5.56. The molecule has 0 amide bonds. The number of piperidine rings is 3. The lowest BCUT2D eigenvalue weighted by atomic mass is 9.71. The highest BCUT2D eigenvalue weighted by Crippen LogP contribution is 2.42. The van der Waals surface area contributed by atoms with Crippen molar-refractivity contribution in [1.82, 2.24) is 10.2 Å². The summed E-state index contributed by atoms with van der Waals surface area (Å²) in [5, 5.41) is 8.55. The molecule has 1 N–H and O–H groups in total. The fraction of sp³-hybridized carbons (Fsp3) is 0.385. The van der Waals surface area contributed by atoms with E-state index in [1.165, 1.54) is 42.6 Å². The Kier molecular flexibility index (Phi) is 5.89. The second-order valence-corrected chi connectivity index (χ2v) is 9.31. The molecule has 3 saturated heterocycles. The number of thiophene rings is 1. The number of ether oxygens (including phenoxy) is 1. The topological polar surface area (TPSA) is 24.5 Å². The monoisotopic (exact) mass is 418 g/mol. The van der Waals surface area contributed by atoms with Crippen LogP contribution >= 0.6 is 11.3 Å². The normalized spacial score (nSPS) is 26.4. The molecule has 2 aromatic carbocycles. The van der Waals surface area contributed by atoms with Crippen molar-refractivity contribution in [2.45, 2.75) is 37.4 Å². The van der Waals surface area contributed by atoms with Crippen LogP contribution in [0.2, 0.25) is 0 Å². The minimum Gasteiger partial charge on any atom is -0.496 e. The van der Waals surface area contributed by atoms with Gasteiger partial charge >= 0.3 is 0 Å². The summed E-state index contributed by atoms with van der Waals surface area (Å²) >= 11 is 1.81. The Morgan fingerprint density at radius 2 is 1.77 bits per heavy atom. The zero-order valence-electron chi connectivity index (χ0n) is 17.5. The third-order valence-corrected chi connectivity index (χ3v) is 7.70. The fourth-order valence-corrected chi connectivity index (χ4v) is 6.26. The number of fused-ring (bicyclic) bond motifs is 3. The van der Waals surface area contributed by atoms with Crippen LogP contribution in [0.4, 0.5) is 0 Å². The Labute approximate surface area is 183 Å². The van der Waals surface area contributed by atoms with Crippen LogP contribution in [0.5, 0.6) is 5.75 Å². The Morgan fingerprint density at radius 1 is 1.00 bits per heavy atom. The molecule has 0 radical (unpaired) electrons.